The van der Waals surface area contributed by atoms with Gasteiger partial charge in [-0.25, -0.2) is 0 Å². The number of hydrogen-bond acceptors (Lipinski definition) is 3. The summed E-state index contributed by atoms with van der Waals surface area (Å²) in [6.07, 6.45) is 4.89. The van der Waals surface area contributed by atoms with E-state index in [4.69, 9.17) is 4.84 Å². The van der Waals surface area contributed by atoms with Crippen molar-refractivity contribution in [3.8, 4) is 0 Å². The summed E-state index contributed by atoms with van der Waals surface area (Å²) < 4.78 is 0. The average molecular weight is 259 g/mol. The largest absolute Gasteiger partial charge is 0.299 e. The number of carbonyl (C=O) groups excluding carboxylic acids is 1. The first-order chi connectivity index (χ1) is 9.25. The molecule has 0 aromatic heterocycles. The maximum absolute atomic E-state index is 12.1. The molecule has 0 spiro atoms. The minimum atomic E-state index is 0.0995. The molecular formula is C16H21NO2. The van der Waals surface area contributed by atoms with Gasteiger partial charge in [-0.2, -0.15) is 5.06 Å². The highest BCUT2D eigenvalue weighted by Gasteiger charge is 2.46. The Morgan fingerprint density at radius 2 is 2.11 bits per heavy atom. The molecule has 1 aliphatic heterocycles. The van der Waals surface area contributed by atoms with E-state index in [9.17, 15) is 4.79 Å². The fourth-order valence-corrected chi connectivity index (χ4v) is 3.45. The van der Waals surface area contributed by atoms with Gasteiger partial charge in [0, 0.05) is 19.5 Å². The normalized spacial score (nSPS) is 31.4. The summed E-state index contributed by atoms with van der Waals surface area (Å²) >= 11 is 0. The van der Waals surface area contributed by atoms with E-state index < -0.39 is 0 Å². The molecule has 0 radical (unpaired) electrons. The molecule has 1 heterocycles. The topological polar surface area (TPSA) is 29.5 Å². The van der Waals surface area contributed by atoms with Crippen molar-refractivity contribution in [3.05, 3.63) is 35.9 Å². The monoisotopic (exact) mass is 259 g/mol. The van der Waals surface area contributed by atoms with Crippen LogP contribution >= 0.6 is 0 Å². The number of Topliss-reactive ketones (excluding diaryl/α,β-unsaturated/α-hetero) is 1. The molecule has 3 nitrogen and oxygen atoms in total. The summed E-state index contributed by atoms with van der Waals surface area (Å²) in [5.74, 6) is 0.501. The SMILES string of the molecule is CN1O[C@H]2CCCC(=O)[C@H]2[C@H]1CCc1ccccc1. The maximum atomic E-state index is 12.1. The lowest BCUT2D eigenvalue weighted by atomic mass is 9.79. The van der Waals surface area contributed by atoms with Crippen LogP contribution in [0.25, 0.3) is 0 Å². The average Bonchev–Trinajstić information content (AvgIpc) is 2.75. The van der Waals surface area contributed by atoms with E-state index in [1.54, 1.807) is 0 Å². The zero-order chi connectivity index (χ0) is 13.2. The smallest absolute Gasteiger partial charge is 0.140 e. The summed E-state index contributed by atoms with van der Waals surface area (Å²) in [5.41, 5.74) is 1.34. The van der Waals surface area contributed by atoms with E-state index in [0.29, 0.717) is 5.78 Å². The number of nitrogens with zero attached hydrogens (tertiary/aromatic N) is 1. The predicted molar refractivity (Wildman–Crippen MR) is 73.5 cm³/mol. The highest BCUT2D eigenvalue weighted by molar-refractivity contribution is 5.83. The number of hydroxylamine groups is 2. The fraction of sp³-hybridized carbons (Fsp3) is 0.562. The first-order valence-corrected chi connectivity index (χ1v) is 7.22. The summed E-state index contributed by atoms with van der Waals surface area (Å²) in [6, 6.07) is 10.7. The van der Waals surface area contributed by atoms with Crippen molar-refractivity contribution in [3.63, 3.8) is 0 Å². The van der Waals surface area contributed by atoms with Gasteiger partial charge in [-0.05, 0) is 31.2 Å². The van der Waals surface area contributed by atoms with E-state index in [0.717, 1.165) is 32.1 Å². The molecule has 2 aliphatic rings. The number of rotatable bonds is 3. The molecule has 0 unspecified atom stereocenters. The van der Waals surface area contributed by atoms with Crippen molar-refractivity contribution in [2.45, 2.75) is 44.2 Å². The number of aryl methyl sites for hydroxylation is 1. The lowest BCUT2D eigenvalue weighted by Crippen LogP contribution is -2.37. The number of hydrogen-bond donors (Lipinski definition) is 0. The number of benzene rings is 1. The number of ketones is 1. The van der Waals surface area contributed by atoms with E-state index in [1.807, 2.05) is 18.2 Å². The van der Waals surface area contributed by atoms with Gasteiger partial charge in [0.1, 0.15) is 5.78 Å². The zero-order valence-electron chi connectivity index (χ0n) is 11.4. The van der Waals surface area contributed by atoms with Crippen LogP contribution in [0.2, 0.25) is 0 Å². The lowest BCUT2D eigenvalue weighted by molar-refractivity contribution is -0.149. The van der Waals surface area contributed by atoms with Crippen molar-refractivity contribution in [1.29, 1.82) is 0 Å². The quantitative estimate of drug-likeness (QED) is 0.835. The minimum Gasteiger partial charge on any atom is -0.299 e. The molecule has 2 fully saturated rings. The van der Waals surface area contributed by atoms with E-state index in [-0.39, 0.29) is 18.1 Å². The molecule has 1 aromatic rings. The Bertz CT molecular complexity index is 445. The van der Waals surface area contributed by atoms with Crippen molar-refractivity contribution in [2.75, 3.05) is 7.05 Å². The Kier molecular flexibility index (Phi) is 3.67. The van der Waals surface area contributed by atoms with Crippen molar-refractivity contribution >= 4 is 5.78 Å². The van der Waals surface area contributed by atoms with Crippen LogP contribution in [0.3, 0.4) is 0 Å². The molecule has 19 heavy (non-hydrogen) atoms. The highest BCUT2D eigenvalue weighted by Crippen LogP contribution is 2.36. The van der Waals surface area contributed by atoms with Crippen LogP contribution in [0.4, 0.5) is 0 Å². The van der Waals surface area contributed by atoms with E-state index in [2.05, 4.69) is 24.3 Å². The molecule has 0 amide bonds. The zero-order valence-corrected chi connectivity index (χ0v) is 11.4. The van der Waals surface area contributed by atoms with Crippen LogP contribution in [0.1, 0.15) is 31.2 Å². The second-order valence-corrected chi connectivity index (χ2v) is 5.67. The van der Waals surface area contributed by atoms with Gasteiger partial charge in [-0.3, -0.25) is 9.63 Å². The summed E-state index contributed by atoms with van der Waals surface area (Å²) in [7, 11) is 1.97. The minimum absolute atomic E-state index is 0.0995. The number of fused-ring (bicyclic) bond motifs is 1. The molecule has 0 N–H and O–H groups in total. The van der Waals surface area contributed by atoms with Gasteiger partial charge >= 0.3 is 0 Å². The third-order valence-corrected chi connectivity index (χ3v) is 4.44. The van der Waals surface area contributed by atoms with Gasteiger partial charge in [-0.15, -0.1) is 0 Å². The Morgan fingerprint density at radius 3 is 2.89 bits per heavy atom. The Labute approximate surface area is 114 Å². The van der Waals surface area contributed by atoms with Crippen LogP contribution in [0.15, 0.2) is 30.3 Å². The van der Waals surface area contributed by atoms with Crippen LogP contribution in [0, 0.1) is 5.92 Å². The van der Waals surface area contributed by atoms with Crippen LogP contribution in [0.5, 0.6) is 0 Å². The van der Waals surface area contributed by atoms with Gasteiger partial charge in [-0.1, -0.05) is 30.3 Å². The molecule has 1 aromatic carbocycles. The maximum Gasteiger partial charge on any atom is 0.140 e. The van der Waals surface area contributed by atoms with Gasteiger partial charge < -0.3 is 0 Å². The number of carbonyl (C=O) groups is 1. The molecule has 3 heteroatoms. The molecule has 1 aliphatic carbocycles. The van der Waals surface area contributed by atoms with Gasteiger partial charge in [0.2, 0.25) is 0 Å². The molecule has 0 bridgehead atoms. The second-order valence-electron chi connectivity index (χ2n) is 5.67. The predicted octanol–water partition coefficient (Wildman–Crippen LogP) is 2.60. The molecule has 102 valence electrons. The van der Waals surface area contributed by atoms with Crippen LogP contribution in [-0.4, -0.2) is 30.0 Å². The molecule has 1 saturated heterocycles. The first kappa shape index (κ1) is 12.8. The molecule has 3 rings (SSSR count). The van der Waals surface area contributed by atoms with Crippen LogP contribution in [-0.2, 0) is 16.1 Å². The van der Waals surface area contributed by atoms with Crippen molar-refractivity contribution in [1.82, 2.24) is 5.06 Å². The van der Waals surface area contributed by atoms with Crippen LogP contribution < -0.4 is 0 Å². The first-order valence-electron chi connectivity index (χ1n) is 7.22. The third-order valence-electron chi connectivity index (χ3n) is 4.44. The summed E-state index contributed by atoms with van der Waals surface area (Å²) in [5, 5.41) is 1.93. The Balaban J connectivity index is 1.67. The fourth-order valence-electron chi connectivity index (χ4n) is 3.45. The Hall–Kier alpha value is -1.19. The summed E-state index contributed by atoms with van der Waals surface area (Å²) in [6.45, 7) is 0. The van der Waals surface area contributed by atoms with Gasteiger partial charge in [0.05, 0.1) is 12.0 Å². The van der Waals surface area contributed by atoms with Gasteiger partial charge in [0.25, 0.3) is 0 Å². The standard InChI is InChI=1S/C16H21NO2/c1-17-13(11-10-12-6-3-2-4-7-12)16-14(18)8-5-9-15(16)19-17/h2-4,6-7,13,15-16H,5,8-11H2,1H3/t13-,15+,16-/m1/s1. The summed E-state index contributed by atoms with van der Waals surface area (Å²) in [4.78, 5) is 18.0. The highest BCUT2D eigenvalue weighted by atomic mass is 16.7. The molecule has 1 saturated carbocycles. The molecular weight excluding hydrogens is 238 g/mol. The van der Waals surface area contributed by atoms with Crippen molar-refractivity contribution in [2.24, 2.45) is 5.92 Å². The van der Waals surface area contributed by atoms with Crippen molar-refractivity contribution < 1.29 is 9.63 Å². The molecule has 3 atom stereocenters. The van der Waals surface area contributed by atoms with Gasteiger partial charge in [0.15, 0.2) is 0 Å². The Morgan fingerprint density at radius 1 is 1.32 bits per heavy atom. The van der Waals surface area contributed by atoms with E-state index in [1.165, 1.54) is 5.56 Å². The second kappa shape index (κ2) is 5.43. The lowest BCUT2D eigenvalue weighted by Gasteiger charge is -2.25. The van der Waals surface area contributed by atoms with E-state index >= 15 is 0 Å². The third kappa shape index (κ3) is 2.58.